The number of amides is 2. The Labute approximate surface area is 186 Å². The number of carbonyl (C=O) groups excluding carboxylic acids is 2. The molecule has 0 aliphatic rings. The Hall–Kier alpha value is -3.00. The predicted molar refractivity (Wildman–Crippen MR) is 124 cm³/mol. The zero-order chi connectivity index (χ0) is 22.4. The number of aromatic nitrogens is 2. The number of likely N-dealkylation sites (N-methyl/N-ethyl adjacent to an activating group) is 1. The van der Waals surface area contributed by atoms with Crippen LogP contribution in [0, 0.1) is 0 Å². The number of hydrogen-bond donors (Lipinski definition) is 1. The molecule has 31 heavy (non-hydrogen) atoms. The molecule has 8 heteroatoms. The maximum Gasteiger partial charge on any atom is 0.239 e. The van der Waals surface area contributed by atoms with E-state index in [2.05, 4.69) is 5.32 Å². The molecule has 1 aromatic heterocycles. The smallest absolute Gasteiger partial charge is 0.239 e. The number of carbonyl (C=O) groups is 2. The van der Waals surface area contributed by atoms with E-state index in [0.29, 0.717) is 6.61 Å². The average Bonchev–Trinajstić information content (AvgIpc) is 3.10. The van der Waals surface area contributed by atoms with E-state index in [-0.39, 0.29) is 30.2 Å². The first-order valence-electron chi connectivity index (χ1n) is 10.3. The van der Waals surface area contributed by atoms with Crippen molar-refractivity contribution < 1.29 is 14.3 Å². The zero-order valence-corrected chi connectivity index (χ0v) is 19.1. The van der Waals surface area contributed by atoms with Crippen LogP contribution in [0.1, 0.15) is 20.8 Å². The van der Waals surface area contributed by atoms with E-state index in [0.717, 1.165) is 27.6 Å². The number of nitrogens with one attached hydrogen (secondary N) is 1. The van der Waals surface area contributed by atoms with Crippen LogP contribution in [0.25, 0.3) is 16.7 Å². The molecule has 0 bridgehead atoms. The van der Waals surface area contributed by atoms with E-state index in [1.807, 2.05) is 73.9 Å². The van der Waals surface area contributed by atoms with E-state index in [4.69, 9.17) is 9.72 Å². The van der Waals surface area contributed by atoms with Gasteiger partial charge >= 0.3 is 0 Å². The lowest BCUT2D eigenvalue weighted by Crippen LogP contribution is -2.41. The Morgan fingerprint density at radius 2 is 1.87 bits per heavy atom. The molecule has 3 rings (SSSR count). The molecule has 0 saturated carbocycles. The van der Waals surface area contributed by atoms with Crippen LogP contribution >= 0.6 is 11.8 Å². The Balaban J connectivity index is 1.78. The van der Waals surface area contributed by atoms with Gasteiger partial charge in [0.2, 0.25) is 11.8 Å². The summed E-state index contributed by atoms with van der Waals surface area (Å²) in [7, 11) is 1.64. The highest BCUT2D eigenvalue weighted by molar-refractivity contribution is 7.99. The molecule has 164 valence electrons. The van der Waals surface area contributed by atoms with Crippen LogP contribution in [-0.4, -0.2) is 58.3 Å². The molecule has 2 amide bonds. The van der Waals surface area contributed by atoms with Gasteiger partial charge in [0.25, 0.3) is 0 Å². The highest BCUT2D eigenvalue weighted by Gasteiger charge is 2.18. The fourth-order valence-corrected chi connectivity index (χ4v) is 4.08. The summed E-state index contributed by atoms with van der Waals surface area (Å²) in [5.74, 6) is 0.694. The minimum Gasteiger partial charge on any atom is -0.494 e. The molecule has 0 spiro atoms. The Morgan fingerprint density at radius 1 is 1.16 bits per heavy atom. The molecule has 0 radical (unpaired) electrons. The minimum atomic E-state index is -0.169. The van der Waals surface area contributed by atoms with Crippen LogP contribution in [0.2, 0.25) is 0 Å². The summed E-state index contributed by atoms with van der Waals surface area (Å²) in [5.41, 5.74) is 2.76. The third-order valence-electron chi connectivity index (χ3n) is 4.52. The van der Waals surface area contributed by atoms with Crippen molar-refractivity contribution in [1.29, 1.82) is 0 Å². The molecular formula is C23H28N4O3S. The lowest BCUT2D eigenvalue weighted by atomic mass is 10.2. The van der Waals surface area contributed by atoms with E-state index < -0.39 is 0 Å². The number of fused-ring (bicyclic) bond motifs is 1. The molecule has 0 fully saturated rings. The SMILES string of the molecule is CCOc1ccc(-n2c(SCC(=O)N(C)CC(=O)NC(C)C)nc3ccccc32)cc1. The number of benzene rings is 2. The van der Waals surface area contributed by atoms with Crippen LogP contribution in [0.15, 0.2) is 53.7 Å². The van der Waals surface area contributed by atoms with Crippen LogP contribution in [0.4, 0.5) is 0 Å². The summed E-state index contributed by atoms with van der Waals surface area (Å²) < 4.78 is 7.58. The number of para-hydroxylation sites is 2. The summed E-state index contributed by atoms with van der Waals surface area (Å²) in [6.45, 7) is 6.38. The molecule has 1 heterocycles. The van der Waals surface area contributed by atoms with Gasteiger partial charge in [-0.25, -0.2) is 4.98 Å². The molecule has 0 saturated heterocycles. The van der Waals surface area contributed by atoms with Crippen LogP contribution in [0.3, 0.4) is 0 Å². The average molecular weight is 441 g/mol. The molecule has 0 atom stereocenters. The standard InChI is InChI=1S/C23H28N4O3S/c1-5-30-18-12-10-17(11-13-18)27-20-9-7-6-8-19(20)25-23(27)31-15-22(29)26(4)14-21(28)24-16(2)3/h6-13,16H,5,14-15H2,1-4H3,(H,24,28). The maximum absolute atomic E-state index is 12.6. The second kappa shape index (κ2) is 10.3. The van der Waals surface area contributed by atoms with Gasteiger partial charge in [-0.15, -0.1) is 0 Å². The summed E-state index contributed by atoms with van der Waals surface area (Å²) in [4.78, 5) is 30.7. The second-order valence-corrected chi connectivity index (χ2v) is 8.35. The van der Waals surface area contributed by atoms with E-state index >= 15 is 0 Å². The maximum atomic E-state index is 12.6. The van der Waals surface area contributed by atoms with Gasteiger partial charge in [0.15, 0.2) is 5.16 Å². The summed E-state index contributed by atoms with van der Waals surface area (Å²) in [5, 5.41) is 3.52. The summed E-state index contributed by atoms with van der Waals surface area (Å²) in [6.07, 6.45) is 0. The highest BCUT2D eigenvalue weighted by Crippen LogP contribution is 2.29. The van der Waals surface area contributed by atoms with Crippen molar-refractivity contribution in [3.05, 3.63) is 48.5 Å². The summed E-state index contributed by atoms with van der Waals surface area (Å²) in [6, 6.07) is 15.7. The molecule has 0 aliphatic carbocycles. The second-order valence-electron chi connectivity index (χ2n) is 7.41. The molecule has 1 N–H and O–H groups in total. The minimum absolute atomic E-state index is 0.0346. The number of rotatable bonds is 9. The van der Waals surface area contributed by atoms with Gasteiger partial charge in [0, 0.05) is 18.8 Å². The van der Waals surface area contributed by atoms with Gasteiger partial charge in [0.05, 0.1) is 29.9 Å². The topological polar surface area (TPSA) is 76.5 Å². The fraction of sp³-hybridized carbons (Fsp3) is 0.348. The number of hydrogen-bond acceptors (Lipinski definition) is 5. The molecular weight excluding hydrogens is 412 g/mol. The zero-order valence-electron chi connectivity index (χ0n) is 18.3. The Morgan fingerprint density at radius 3 is 2.55 bits per heavy atom. The normalized spacial score (nSPS) is 11.0. The molecule has 7 nitrogen and oxygen atoms in total. The van der Waals surface area contributed by atoms with Crippen LogP contribution < -0.4 is 10.1 Å². The van der Waals surface area contributed by atoms with E-state index in [9.17, 15) is 9.59 Å². The van der Waals surface area contributed by atoms with Gasteiger partial charge in [-0.3, -0.25) is 14.2 Å². The van der Waals surface area contributed by atoms with Gasteiger partial charge in [-0.2, -0.15) is 0 Å². The molecule has 2 aromatic carbocycles. The third kappa shape index (κ3) is 5.79. The van der Waals surface area contributed by atoms with Crippen molar-refractivity contribution >= 4 is 34.6 Å². The van der Waals surface area contributed by atoms with Crippen molar-refractivity contribution in [2.75, 3.05) is 26.0 Å². The van der Waals surface area contributed by atoms with Gasteiger partial charge < -0.3 is 15.0 Å². The predicted octanol–water partition coefficient (Wildman–Crippen LogP) is 3.50. The monoisotopic (exact) mass is 440 g/mol. The molecule has 0 unspecified atom stereocenters. The van der Waals surface area contributed by atoms with Crippen molar-refractivity contribution in [2.24, 2.45) is 0 Å². The van der Waals surface area contributed by atoms with Crippen molar-refractivity contribution in [2.45, 2.75) is 32.0 Å². The van der Waals surface area contributed by atoms with Gasteiger partial charge in [-0.05, 0) is 57.2 Å². The number of nitrogens with zero attached hydrogens (tertiary/aromatic N) is 3. The fourth-order valence-electron chi connectivity index (χ4n) is 3.12. The lowest BCUT2D eigenvalue weighted by molar-refractivity contribution is -0.132. The van der Waals surface area contributed by atoms with Gasteiger partial charge in [-0.1, -0.05) is 23.9 Å². The van der Waals surface area contributed by atoms with Crippen LogP contribution in [-0.2, 0) is 9.59 Å². The van der Waals surface area contributed by atoms with Crippen molar-refractivity contribution in [3.8, 4) is 11.4 Å². The first-order valence-corrected chi connectivity index (χ1v) is 11.2. The molecule has 0 aliphatic heterocycles. The van der Waals surface area contributed by atoms with E-state index in [1.54, 1.807) is 7.05 Å². The number of imidazole rings is 1. The number of thioether (sulfide) groups is 1. The summed E-state index contributed by atoms with van der Waals surface area (Å²) >= 11 is 1.36. The number of ether oxygens (including phenoxy) is 1. The Kier molecular flexibility index (Phi) is 7.57. The first kappa shape index (κ1) is 22.7. The van der Waals surface area contributed by atoms with Crippen molar-refractivity contribution in [3.63, 3.8) is 0 Å². The lowest BCUT2D eigenvalue weighted by Gasteiger charge is -2.18. The van der Waals surface area contributed by atoms with Gasteiger partial charge in [0.1, 0.15) is 5.75 Å². The first-order chi connectivity index (χ1) is 14.9. The highest BCUT2D eigenvalue weighted by atomic mass is 32.2. The van der Waals surface area contributed by atoms with E-state index in [1.165, 1.54) is 16.7 Å². The van der Waals surface area contributed by atoms with Crippen molar-refractivity contribution in [1.82, 2.24) is 19.8 Å². The largest absolute Gasteiger partial charge is 0.494 e. The Bertz CT molecular complexity index is 1050. The molecule has 3 aromatic rings. The quantitative estimate of drug-likeness (QED) is 0.516. The third-order valence-corrected chi connectivity index (χ3v) is 5.44. The van der Waals surface area contributed by atoms with Crippen LogP contribution in [0.5, 0.6) is 5.75 Å².